The van der Waals surface area contributed by atoms with Gasteiger partial charge in [-0.05, 0) is 43.2 Å². The molecule has 1 aromatic heterocycles. The van der Waals surface area contributed by atoms with Crippen LogP contribution in [0.25, 0.3) is 17.3 Å². The lowest BCUT2D eigenvalue weighted by Gasteiger charge is -2.30. The SMILES string of the molecule is O=C(O)CCCCCN1C(=O)/C(=C/c2cccc(-c3ccc4c(c3)C(=O)C(=O)N4CN3CCOCC3)n2)SC1=S. The molecule has 2 saturated heterocycles. The van der Waals surface area contributed by atoms with Gasteiger partial charge in [0.05, 0.1) is 47.4 Å². The van der Waals surface area contributed by atoms with Crippen LogP contribution in [0.5, 0.6) is 0 Å². The molecule has 2 aromatic rings. The van der Waals surface area contributed by atoms with Gasteiger partial charge >= 0.3 is 11.9 Å². The molecule has 1 aromatic carbocycles. The van der Waals surface area contributed by atoms with Crippen molar-refractivity contribution < 1.29 is 29.0 Å². The standard InChI is InChI=1S/C28H28N4O6S2/c33-24(34)7-2-1-3-10-31-26(36)23(40-28(31)39)16-19-5-4-6-21(29-19)18-8-9-22-20(15-18)25(35)27(37)32(22)17-30-11-13-38-14-12-30/h4-6,8-9,15-16H,1-3,7,10-14,17H2,(H,33,34)/b23-16-. The first kappa shape index (κ1) is 28.1. The van der Waals surface area contributed by atoms with Crippen molar-refractivity contribution in [1.82, 2.24) is 14.8 Å². The molecule has 5 rings (SSSR count). The molecule has 10 nitrogen and oxygen atoms in total. The van der Waals surface area contributed by atoms with Crippen LogP contribution in [0.4, 0.5) is 5.69 Å². The molecule has 208 valence electrons. The fraction of sp³-hybridized carbons (Fsp3) is 0.357. The third-order valence-electron chi connectivity index (χ3n) is 6.91. The number of carboxylic acids is 1. The highest BCUT2D eigenvalue weighted by Crippen LogP contribution is 2.35. The van der Waals surface area contributed by atoms with Crippen molar-refractivity contribution in [2.45, 2.75) is 25.7 Å². The van der Waals surface area contributed by atoms with Crippen LogP contribution >= 0.6 is 24.0 Å². The summed E-state index contributed by atoms with van der Waals surface area (Å²) in [7, 11) is 0. The first-order valence-electron chi connectivity index (χ1n) is 13.1. The predicted molar refractivity (Wildman–Crippen MR) is 155 cm³/mol. The average molecular weight is 581 g/mol. The summed E-state index contributed by atoms with van der Waals surface area (Å²) in [6, 6.07) is 10.7. The Balaban J connectivity index is 1.29. The van der Waals surface area contributed by atoms with Crippen LogP contribution in [-0.2, 0) is 19.1 Å². The molecule has 40 heavy (non-hydrogen) atoms. The molecule has 1 N–H and O–H groups in total. The molecule has 0 aliphatic carbocycles. The van der Waals surface area contributed by atoms with Gasteiger partial charge in [0.15, 0.2) is 0 Å². The van der Waals surface area contributed by atoms with Crippen molar-refractivity contribution in [3.8, 4) is 11.3 Å². The third kappa shape index (κ3) is 6.15. The molecule has 12 heteroatoms. The van der Waals surface area contributed by atoms with Gasteiger partial charge in [0.1, 0.15) is 4.32 Å². The van der Waals surface area contributed by atoms with E-state index in [2.05, 4.69) is 9.88 Å². The molecular weight excluding hydrogens is 552 g/mol. The van der Waals surface area contributed by atoms with E-state index in [-0.39, 0.29) is 12.3 Å². The van der Waals surface area contributed by atoms with Crippen LogP contribution in [0.3, 0.4) is 0 Å². The number of anilines is 1. The summed E-state index contributed by atoms with van der Waals surface area (Å²) in [5, 5.41) is 8.77. The largest absolute Gasteiger partial charge is 0.481 e. The molecule has 0 unspecified atom stereocenters. The van der Waals surface area contributed by atoms with Crippen LogP contribution < -0.4 is 4.90 Å². The summed E-state index contributed by atoms with van der Waals surface area (Å²) in [6.07, 6.45) is 3.74. The normalized spacial score (nSPS) is 18.8. The quantitative estimate of drug-likeness (QED) is 0.194. The Bertz CT molecular complexity index is 1400. The third-order valence-corrected chi connectivity index (χ3v) is 8.29. The van der Waals surface area contributed by atoms with E-state index in [1.54, 1.807) is 29.2 Å². The van der Waals surface area contributed by atoms with Crippen LogP contribution in [0.15, 0.2) is 41.3 Å². The molecule has 0 saturated carbocycles. The molecular formula is C28H28N4O6S2. The van der Waals surface area contributed by atoms with Crippen LogP contribution in [-0.4, -0.2) is 87.3 Å². The molecule has 2 amide bonds. The number of ether oxygens (including phenoxy) is 1. The highest BCUT2D eigenvalue weighted by molar-refractivity contribution is 8.26. The van der Waals surface area contributed by atoms with Crippen LogP contribution in [0.2, 0.25) is 0 Å². The number of hydrogen-bond donors (Lipinski definition) is 1. The van der Waals surface area contributed by atoms with Gasteiger partial charge in [-0.1, -0.05) is 42.5 Å². The van der Waals surface area contributed by atoms with E-state index in [4.69, 9.17) is 22.1 Å². The van der Waals surface area contributed by atoms with E-state index >= 15 is 0 Å². The first-order valence-corrected chi connectivity index (χ1v) is 14.3. The number of ketones is 1. The number of hydrogen-bond acceptors (Lipinski definition) is 9. The number of aromatic nitrogens is 1. The fourth-order valence-electron chi connectivity index (χ4n) is 4.79. The summed E-state index contributed by atoms with van der Waals surface area (Å²) in [5.74, 6) is -2.09. The predicted octanol–water partition coefficient (Wildman–Crippen LogP) is 3.41. The number of thiocarbonyl (C=S) groups is 1. The van der Waals surface area contributed by atoms with Gasteiger partial charge < -0.3 is 9.84 Å². The van der Waals surface area contributed by atoms with E-state index in [1.165, 1.54) is 16.7 Å². The summed E-state index contributed by atoms with van der Waals surface area (Å²) < 4.78 is 5.84. The number of carbonyl (C=O) groups excluding carboxylic acids is 3. The van der Waals surface area contributed by atoms with E-state index < -0.39 is 17.7 Å². The minimum Gasteiger partial charge on any atom is -0.481 e. The molecule has 0 atom stereocenters. The molecule has 0 spiro atoms. The minimum absolute atomic E-state index is 0.113. The van der Waals surface area contributed by atoms with Gasteiger partial charge in [-0.2, -0.15) is 0 Å². The van der Waals surface area contributed by atoms with Gasteiger partial charge in [-0.3, -0.25) is 33.9 Å². The number of amides is 2. The summed E-state index contributed by atoms with van der Waals surface area (Å²) in [6.45, 7) is 3.39. The highest BCUT2D eigenvalue weighted by atomic mass is 32.2. The number of carbonyl (C=O) groups is 4. The average Bonchev–Trinajstić information content (AvgIpc) is 3.35. The van der Waals surface area contributed by atoms with E-state index in [0.717, 1.165) is 0 Å². The Labute approximate surface area is 241 Å². The smallest absolute Gasteiger partial charge is 0.303 e. The topological polar surface area (TPSA) is 120 Å². The highest BCUT2D eigenvalue weighted by Gasteiger charge is 2.37. The summed E-state index contributed by atoms with van der Waals surface area (Å²) >= 11 is 6.61. The minimum atomic E-state index is -0.825. The van der Waals surface area contributed by atoms with Crippen LogP contribution in [0, 0.1) is 0 Å². The second-order valence-corrected chi connectivity index (χ2v) is 11.3. The lowest BCUT2D eigenvalue weighted by Crippen LogP contribution is -2.45. The number of morpholine rings is 1. The van der Waals surface area contributed by atoms with Crippen molar-refractivity contribution in [3.63, 3.8) is 0 Å². The zero-order chi connectivity index (χ0) is 28.2. The van der Waals surface area contributed by atoms with Gasteiger partial charge in [0.25, 0.3) is 11.7 Å². The molecule has 2 fully saturated rings. The van der Waals surface area contributed by atoms with E-state index in [1.807, 2.05) is 18.2 Å². The van der Waals surface area contributed by atoms with Gasteiger partial charge in [-0.25, -0.2) is 4.98 Å². The maximum absolute atomic E-state index is 13.0. The van der Waals surface area contributed by atoms with Crippen molar-refractivity contribution >= 4 is 63.6 Å². The monoisotopic (exact) mass is 580 g/mol. The number of nitrogens with zero attached hydrogens (tertiary/aromatic N) is 4. The maximum Gasteiger partial charge on any atom is 0.303 e. The number of pyridine rings is 1. The number of benzene rings is 1. The first-order chi connectivity index (χ1) is 19.3. The number of carboxylic acid groups (broad SMARTS) is 1. The van der Waals surface area contributed by atoms with Gasteiger partial charge in [0.2, 0.25) is 0 Å². The number of thioether (sulfide) groups is 1. The zero-order valence-electron chi connectivity index (χ0n) is 21.7. The number of aliphatic carboxylic acids is 1. The maximum atomic E-state index is 13.0. The Hall–Kier alpha value is -3.45. The zero-order valence-corrected chi connectivity index (χ0v) is 23.3. The fourth-order valence-corrected chi connectivity index (χ4v) is 6.08. The Kier molecular flexibility index (Phi) is 8.69. The second kappa shape index (κ2) is 12.4. The van der Waals surface area contributed by atoms with Crippen molar-refractivity contribution in [3.05, 3.63) is 52.6 Å². The molecule has 0 radical (unpaired) electrons. The summed E-state index contributed by atoms with van der Waals surface area (Å²) in [5.41, 5.74) is 2.81. The molecule has 4 heterocycles. The molecule has 3 aliphatic heterocycles. The van der Waals surface area contributed by atoms with E-state index in [0.29, 0.717) is 96.2 Å². The lowest BCUT2D eigenvalue weighted by atomic mass is 10.0. The van der Waals surface area contributed by atoms with Crippen molar-refractivity contribution in [2.75, 3.05) is 44.4 Å². The van der Waals surface area contributed by atoms with Gasteiger partial charge in [0, 0.05) is 31.6 Å². The van der Waals surface area contributed by atoms with Gasteiger partial charge in [-0.15, -0.1) is 0 Å². The molecule has 3 aliphatic rings. The van der Waals surface area contributed by atoms with Crippen molar-refractivity contribution in [2.24, 2.45) is 0 Å². The number of unbranched alkanes of at least 4 members (excludes halogenated alkanes) is 2. The van der Waals surface area contributed by atoms with Crippen LogP contribution in [0.1, 0.15) is 41.7 Å². The Morgan fingerprint density at radius 2 is 1.85 bits per heavy atom. The Morgan fingerprint density at radius 1 is 1.05 bits per heavy atom. The Morgan fingerprint density at radius 3 is 2.62 bits per heavy atom. The second-order valence-electron chi connectivity index (χ2n) is 9.65. The number of Topliss-reactive ketones (excluding diaryl/α,β-unsaturated/α-hetero) is 1. The molecule has 0 bridgehead atoms. The number of rotatable bonds is 10. The summed E-state index contributed by atoms with van der Waals surface area (Å²) in [4.78, 5) is 59.5. The van der Waals surface area contributed by atoms with Crippen molar-refractivity contribution in [1.29, 1.82) is 0 Å². The number of fused-ring (bicyclic) bond motifs is 1. The lowest BCUT2D eigenvalue weighted by molar-refractivity contribution is -0.137. The van der Waals surface area contributed by atoms with E-state index in [9.17, 15) is 19.2 Å².